The Kier molecular flexibility index (Phi) is 6.51. The number of carbonyl (C=O) groups excluding carboxylic acids is 2. The molecule has 0 bridgehead atoms. The van der Waals surface area contributed by atoms with Crippen molar-refractivity contribution < 1.29 is 27.5 Å². The summed E-state index contributed by atoms with van der Waals surface area (Å²) in [4.78, 5) is 24.9. The fraction of sp³-hybridized carbons (Fsp3) is 0.333. The molecule has 1 aliphatic heterocycles. The maximum atomic E-state index is 12.8. The van der Waals surface area contributed by atoms with Gasteiger partial charge in [0.05, 0.1) is 32.9 Å². The second kappa shape index (κ2) is 8.71. The van der Waals surface area contributed by atoms with Gasteiger partial charge in [0.2, 0.25) is 15.8 Å². The van der Waals surface area contributed by atoms with Gasteiger partial charge in [-0.1, -0.05) is 17.7 Å². The quantitative estimate of drug-likeness (QED) is 0.503. The van der Waals surface area contributed by atoms with E-state index in [-0.39, 0.29) is 29.3 Å². The fourth-order valence-corrected chi connectivity index (χ4v) is 5.06. The van der Waals surface area contributed by atoms with Crippen molar-refractivity contribution in [2.75, 3.05) is 32.9 Å². The van der Waals surface area contributed by atoms with Crippen molar-refractivity contribution >= 4 is 44.7 Å². The summed E-state index contributed by atoms with van der Waals surface area (Å²) in [7, 11) is -3.74. The highest BCUT2D eigenvalue weighted by Crippen LogP contribution is 2.23. The normalized spacial score (nSPS) is 15.4. The molecule has 1 saturated heterocycles. The van der Waals surface area contributed by atoms with Crippen molar-refractivity contribution in [3.63, 3.8) is 0 Å². The van der Waals surface area contributed by atoms with E-state index < -0.39 is 22.6 Å². The SMILES string of the molecule is Cc1ccc(S(=O)(=O)N2CCOCC2)cc1C(=O)OCC(=O)c1ccc(Cl)s1. The Bertz CT molecular complexity index is 995. The van der Waals surface area contributed by atoms with Gasteiger partial charge in [0, 0.05) is 13.1 Å². The minimum atomic E-state index is -3.74. The molecule has 1 aliphatic rings. The van der Waals surface area contributed by atoms with Gasteiger partial charge in [-0.2, -0.15) is 4.31 Å². The maximum Gasteiger partial charge on any atom is 0.338 e. The lowest BCUT2D eigenvalue weighted by atomic mass is 10.1. The lowest BCUT2D eigenvalue weighted by Crippen LogP contribution is -2.40. The zero-order chi connectivity index (χ0) is 20.3. The van der Waals surface area contributed by atoms with Gasteiger partial charge < -0.3 is 9.47 Å². The van der Waals surface area contributed by atoms with E-state index in [0.29, 0.717) is 28.0 Å². The smallest absolute Gasteiger partial charge is 0.338 e. The predicted molar refractivity (Wildman–Crippen MR) is 105 cm³/mol. The lowest BCUT2D eigenvalue weighted by molar-refractivity contribution is 0.0474. The third kappa shape index (κ3) is 4.61. The van der Waals surface area contributed by atoms with Gasteiger partial charge in [-0.05, 0) is 36.8 Å². The number of ketones is 1. The summed E-state index contributed by atoms with van der Waals surface area (Å²) < 4.78 is 37.6. The Morgan fingerprint density at radius 1 is 1.21 bits per heavy atom. The summed E-state index contributed by atoms with van der Waals surface area (Å²) in [5.74, 6) is -1.13. The number of thiophene rings is 1. The molecule has 1 aromatic heterocycles. The van der Waals surface area contributed by atoms with Crippen molar-refractivity contribution in [1.82, 2.24) is 4.31 Å². The topological polar surface area (TPSA) is 90.0 Å². The summed E-state index contributed by atoms with van der Waals surface area (Å²) in [6, 6.07) is 7.44. The van der Waals surface area contributed by atoms with Crippen molar-refractivity contribution in [3.05, 3.63) is 50.7 Å². The van der Waals surface area contributed by atoms with E-state index in [2.05, 4.69) is 0 Å². The van der Waals surface area contributed by atoms with E-state index in [1.54, 1.807) is 25.1 Å². The number of hydrogen-bond donors (Lipinski definition) is 0. The highest BCUT2D eigenvalue weighted by molar-refractivity contribution is 7.89. The Labute approximate surface area is 171 Å². The molecule has 0 amide bonds. The Morgan fingerprint density at radius 2 is 1.93 bits per heavy atom. The van der Waals surface area contributed by atoms with Crippen LogP contribution in [0.4, 0.5) is 0 Å². The molecule has 1 fully saturated rings. The average molecular weight is 444 g/mol. The molecule has 7 nitrogen and oxygen atoms in total. The second-order valence-corrected chi connectivity index (χ2v) is 9.75. The number of esters is 1. The molecule has 0 spiro atoms. The van der Waals surface area contributed by atoms with Crippen molar-refractivity contribution in [2.24, 2.45) is 0 Å². The number of ether oxygens (including phenoxy) is 2. The van der Waals surface area contributed by atoms with Gasteiger partial charge in [0.25, 0.3) is 0 Å². The monoisotopic (exact) mass is 443 g/mol. The van der Waals surface area contributed by atoms with Crippen LogP contribution in [0.25, 0.3) is 0 Å². The second-order valence-electron chi connectivity index (χ2n) is 6.10. The van der Waals surface area contributed by atoms with Gasteiger partial charge in [0.1, 0.15) is 0 Å². The number of morpholine rings is 1. The Morgan fingerprint density at radius 3 is 2.57 bits per heavy atom. The summed E-state index contributed by atoms with van der Waals surface area (Å²) in [6.45, 7) is 2.39. The summed E-state index contributed by atoms with van der Waals surface area (Å²) in [6.07, 6.45) is 0. The zero-order valence-electron chi connectivity index (χ0n) is 15.0. The third-order valence-corrected chi connectivity index (χ3v) is 7.39. The standard InChI is InChI=1S/C18H18ClNO6S2/c1-12-2-3-13(28(23,24)20-6-8-25-9-7-20)10-14(12)18(22)26-11-15(21)16-4-5-17(19)27-16/h2-5,10H,6-9,11H2,1H3. The number of aryl methyl sites for hydroxylation is 1. The fourth-order valence-electron chi connectivity index (χ4n) is 2.66. The number of benzene rings is 1. The van der Waals surface area contributed by atoms with E-state index in [1.165, 1.54) is 16.4 Å². The van der Waals surface area contributed by atoms with Crippen LogP contribution in [0.5, 0.6) is 0 Å². The number of halogens is 1. The van der Waals surface area contributed by atoms with Crippen LogP contribution in [-0.4, -0.2) is 57.4 Å². The molecule has 0 N–H and O–H groups in total. The van der Waals surface area contributed by atoms with Crippen molar-refractivity contribution in [2.45, 2.75) is 11.8 Å². The molecule has 150 valence electrons. The lowest BCUT2D eigenvalue weighted by Gasteiger charge is -2.26. The number of Topliss-reactive ketones (excluding diaryl/α,β-unsaturated/α-hetero) is 1. The maximum absolute atomic E-state index is 12.8. The number of carbonyl (C=O) groups is 2. The van der Waals surface area contributed by atoms with Crippen LogP contribution >= 0.6 is 22.9 Å². The molecule has 3 rings (SSSR count). The minimum absolute atomic E-state index is 0.00307. The molecule has 0 saturated carbocycles. The van der Waals surface area contributed by atoms with Crippen molar-refractivity contribution in [1.29, 1.82) is 0 Å². The predicted octanol–water partition coefficient (Wildman–Crippen LogP) is 2.77. The first kappa shape index (κ1) is 20.9. The van der Waals surface area contributed by atoms with Crippen LogP contribution in [0.1, 0.15) is 25.6 Å². The summed E-state index contributed by atoms with van der Waals surface area (Å²) >= 11 is 6.90. The van der Waals surface area contributed by atoms with Crippen LogP contribution < -0.4 is 0 Å². The van der Waals surface area contributed by atoms with Crippen LogP contribution in [-0.2, 0) is 19.5 Å². The number of sulfonamides is 1. The molecule has 10 heteroatoms. The number of nitrogens with zero attached hydrogens (tertiary/aromatic N) is 1. The molecule has 1 aromatic carbocycles. The molecule has 2 aromatic rings. The van der Waals surface area contributed by atoms with Crippen LogP contribution in [0.15, 0.2) is 35.2 Å². The summed E-state index contributed by atoms with van der Waals surface area (Å²) in [5, 5.41) is 0. The van der Waals surface area contributed by atoms with Crippen LogP contribution in [0, 0.1) is 6.92 Å². The average Bonchev–Trinajstić information content (AvgIpc) is 3.13. The Hall–Kier alpha value is -1.78. The highest BCUT2D eigenvalue weighted by Gasteiger charge is 2.27. The molecule has 0 radical (unpaired) electrons. The van der Waals surface area contributed by atoms with E-state index in [1.807, 2.05) is 0 Å². The molecular weight excluding hydrogens is 426 g/mol. The van der Waals surface area contributed by atoms with Crippen molar-refractivity contribution in [3.8, 4) is 0 Å². The largest absolute Gasteiger partial charge is 0.454 e. The Balaban J connectivity index is 1.75. The molecule has 2 heterocycles. The summed E-state index contributed by atoms with van der Waals surface area (Å²) in [5.41, 5.74) is 0.656. The minimum Gasteiger partial charge on any atom is -0.454 e. The first-order valence-corrected chi connectivity index (χ1v) is 11.1. The van der Waals surface area contributed by atoms with Gasteiger partial charge in [0.15, 0.2) is 6.61 Å². The molecule has 0 unspecified atom stereocenters. The van der Waals surface area contributed by atoms with E-state index in [9.17, 15) is 18.0 Å². The zero-order valence-corrected chi connectivity index (χ0v) is 17.4. The third-order valence-electron chi connectivity index (χ3n) is 4.22. The molecular formula is C18H18ClNO6S2. The number of hydrogen-bond acceptors (Lipinski definition) is 7. The highest BCUT2D eigenvalue weighted by atomic mass is 35.5. The van der Waals surface area contributed by atoms with Gasteiger partial charge in [-0.25, -0.2) is 13.2 Å². The van der Waals surface area contributed by atoms with Gasteiger partial charge in [-0.15, -0.1) is 11.3 Å². The van der Waals surface area contributed by atoms with E-state index >= 15 is 0 Å². The van der Waals surface area contributed by atoms with E-state index in [4.69, 9.17) is 21.1 Å². The molecule has 28 heavy (non-hydrogen) atoms. The molecule has 0 aliphatic carbocycles. The first-order valence-electron chi connectivity index (χ1n) is 8.43. The van der Waals surface area contributed by atoms with Crippen LogP contribution in [0.2, 0.25) is 4.34 Å². The van der Waals surface area contributed by atoms with Crippen LogP contribution in [0.3, 0.4) is 0 Å². The number of rotatable bonds is 6. The first-order chi connectivity index (χ1) is 13.3. The van der Waals surface area contributed by atoms with E-state index in [0.717, 1.165) is 11.3 Å². The van der Waals surface area contributed by atoms with Gasteiger partial charge in [-0.3, -0.25) is 4.79 Å². The van der Waals surface area contributed by atoms with Gasteiger partial charge >= 0.3 is 5.97 Å². The molecule has 0 atom stereocenters.